The first-order valence-corrected chi connectivity index (χ1v) is 13.1. The molecule has 1 aromatic heterocycles. The van der Waals surface area contributed by atoms with Gasteiger partial charge in [-0.15, -0.1) is 0 Å². The van der Waals surface area contributed by atoms with Crippen LogP contribution >= 0.6 is 0 Å². The van der Waals surface area contributed by atoms with Crippen LogP contribution in [0.5, 0.6) is 0 Å². The van der Waals surface area contributed by atoms with Gasteiger partial charge in [0, 0.05) is 50.2 Å². The quantitative estimate of drug-likeness (QED) is 0.605. The summed E-state index contributed by atoms with van der Waals surface area (Å²) in [4.78, 5) is 4.24. The van der Waals surface area contributed by atoms with Crippen LogP contribution in [0.15, 0.2) is 77.0 Å². The fourth-order valence-electron chi connectivity index (χ4n) is 3.83. The van der Waals surface area contributed by atoms with Crippen molar-refractivity contribution in [2.24, 2.45) is 7.05 Å². The molecule has 1 fully saturated rings. The van der Waals surface area contributed by atoms with E-state index in [4.69, 9.17) is 0 Å². The SMILES string of the molecule is Cn1cnc(S(=O)(=O)N2CC(Nc3cccc(S(C)(=O)=O)c3)C(c3ccccc3)C2)c1. The molecule has 0 amide bonds. The number of anilines is 1. The Kier molecular flexibility index (Phi) is 5.63. The molecule has 0 spiro atoms. The van der Waals surface area contributed by atoms with E-state index in [0.29, 0.717) is 12.2 Å². The van der Waals surface area contributed by atoms with E-state index in [1.807, 2.05) is 30.3 Å². The highest BCUT2D eigenvalue weighted by Gasteiger charge is 2.41. The normalized spacial score (nSPS) is 20.1. The molecule has 1 N–H and O–H groups in total. The molecule has 164 valence electrons. The Morgan fingerprint density at radius 3 is 2.39 bits per heavy atom. The molecule has 0 saturated carbocycles. The predicted octanol–water partition coefficient (Wildman–Crippen LogP) is 2.09. The lowest BCUT2D eigenvalue weighted by Gasteiger charge is -2.21. The summed E-state index contributed by atoms with van der Waals surface area (Å²) in [6.07, 6.45) is 4.11. The second kappa shape index (κ2) is 8.10. The van der Waals surface area contributed by atoms with Gasteiger partial charge >= 0.3 is 0 Å². The molecule has 10 heteroatoms. The van der Waals surface area contributed by atoms with Gasteiger partial charge in [-0.25, -0.2) is 21.8 Å². The lowest BCUT2D eigenvalue weighted by molar-refractivity contribution is 0.468. The summed E-state index contributed by atoms with van der Waals surface area (Å²) in [5, 5.41) is 3.38. The standard InChI is InChI=1S/C21H24N4O4S2/c1-24-14-21(22-15-24)31(28,29)25-12-19(16-7-4-3-5-8-16)20(13-25)23-17-9-6-10-18(11-17)30(2,26)27/h3-11,14-15,19-20,23H,12-13H2,1-2H3. The summed E-state index contributed by atoms with van der Waals surface area (Å²) in [7, 11) is -5.38. The number of hydrogen-bond donors (Lipinski definition) is 1. The lowest BCUT2D eigenvalue weighted by atomic mass is 9.94. The molecule has 2 aromatic carbocycles. The van der Waals surface area contributed by atoms with E-state index >= 15 is 0 Å². The Bertz CT molecular complexity index is 1290. The first-order valence-electron chi connectivity index (χ1n) is 9.74. The molecule has 3 aromatic rings. The summed E-state index contributed by atoms with van der Waals surface area (Å²) in [5.41, 5.74) is 1.64. The van der Waals surface area contributed by atoms with Crippen molar-refractivity contribution in [3.63, 3.8) is 0 Å². The molecule has 0 radical (unpaired) electrons. The number of sulfone groups is 1. The van der Waals surface area contributed by atoms with Crippen LogP contribution in [0.2, 0.25) is 0 Å². The second-order valence-corrected chi connectivity index (χ2v) is 11.7. The van der Waals surface area contributed by atoms with Crippen LogP contribution in [-0.2, 0) is 26.9 Å². The Morgan fingerprint density at radius 2 is 1.74 bits per heavy atom. The molecule has 0 bridgehead atoms. The monoisotopic (exact) mass is 460 g/mol. The van der Waals surface area contributed by atoms with Gasteiger partial charge in [0.05, 0.1) is 11.2 Å². The van der Waals surface area contributed by atoms with Crippen LogP contribution in [0.3, 0.4) is 0 Å². The van der Waals surface area contributed by atoms with Gasteiger partial charge in [0.2, 0.25) is 0 Å². The van der Waals surface area contributed by atoms with Crippen LogP contribution in [0.4, 0.5) is 5.69 Å². The van der Waals surface area contributed by atoms with Crippen LogP contribution in [0.25, 0.3) is 0 Å². The van der Waals surface area contributed by atoms with Gasteiger partial charge in [-0.3, -0.25) is 0 Å². The Labute approximate surface area is 182 Å². The van der Waals surface area contributed by atoms with Gasteiger partial charge in [-0.2, -0.15) is 4.31 Å². The summed E-state index contributed by atoms with van der Waals surface area (Å²) >= 11 is 0. The third kappa shape index (κ3) is 4.51. The maximum Gasteiger partial charge on any atom is 0.262 e. The number of imidazole rings is 1. The van der Waals surface area contributed by atoms with Crippen molar-refractivity contribution in [2.45, 2.75) is 21.9 Å². The molecule has 1 aliphatic rings. The van der Waals surface area contributed by atoms with Crippen molar-refractivity contribution in [3.8, 4) is 0 Å². The Balaban J connectivity index is 1.66. The van der Waals surface area contributed by atoms with Crippen molar-refractivity contribution in [1.82, 2.24) is 13.9 Å². The van der Waals surface area contributed by atoms with E-state index in [2.05, 4.69) is 10.3 Å². The Morgan fingerprint density at radius 1 is 1.00 bits per heavy atom. The molecule has 8 nitrogen and oxygen atoms in total. The lowest BCUT2D eigenvalue weighted by Crippen LogP contribution is -2.32. The molecule has 2 heterocycles. The number of hydrogen-bond acceptors (Lipinski definition) is 6. The summed E-state index contributed by atoms with van der Waals surface area (Å²) in [5.74, 6) is -0.110. The van der Waals surface area contributed by atoms with Crippen LogP contribution in [-0.4, -0.2) is 56.1 Å². The number of nitrogens with one attached hydrogen (secondary N) is 1. The van der Waals surface area contributed by atoms with E-state index in [1.54, 1.807) is 35.9 Å². The smallest absolute Gasteiger partial charge is 0.262 e. The average molecular weight is 461 g/mol. The van der Waals surface area contributed by atoms with Crippen molar-refractivity contribution < 1.29 is 16.8 Å². The maximum atomic E-state index is 13.2. The van der Waals surface area contributed by atoms with Gasteiger partial charge in [-0.1, -0.05) is 36.4 Å². The van der Waals surface area contributed by atoms with Gasteiger partial charge in [-0.05, 0) is 23.8 Å². The summed E-state index contributed by atoms with van der Waals surface area (Å²) in [6, 6.07) is 16.1. The van der Waals surface area contributed by atoms with Gasteiger partial charge in [0.25, 0.3) is 10.0 Å². The summed E-state index contributed by atoms with van der Waals surface area (Å²) < 4.78 is 53.2. The average Bonchev–Trinajstić information content (AvgIpc) is 3.36. The molecule has 31 heavy (non-hydrogen) atoms. The zero-order valence-electron chi connectivity index (χ0n) is 17.2. The summed E-state index contributed by atoms with van der Waals surface area (Å²) in [6.45, 7) is 0.536. The minimum absolute atomic E-state index is 0.0153. The topological polar surface area (TPSA) is 101 Å². The molecule has 1 saturated heterocycles. The van der Waals surface area contributed by atoms with Crippen LogP contribution in [0, 0.1) is 0 Å². The van der Waals surface area contributed by atoms with Crippen molar-refractivity contribution >= 4 is 25.5 Å². The first kappa shape index (κ1) is 21.5. The minimum Gasteiger partial charge on any atom is -0.380 e. The molecular weight excluding hydrogens is 436 g/mol. The van der Waals surface area contributed by atoms with E-state index in [1.165, 1.54) is 16.8 Å². The molecule has 2 unspecified atom stereocenters. The van der Waals surface area contributed by atoms with Crippen molar-refractivity contribution in [1.29, 1.82) is 0 Å². The maximum absolute atomic E-state index is 13.2. The Hall–Kier alpha value is -2.69. The number of benzene rings is 2. The largest absolute Gasteiger partial charge is 0.380 e. The molecule has 1 aliphatic heterocycles. The number of sulfonamides is 1. The highest BCUT2D eigenvalue weighted by atomic mass is 32.2. The number of nitrogens with zero attached hydrogens (tertiary/aromatic N) is 3. The molecule has 0 aliphatic carbocycles. The van der Waals surface area contributed by atoms with Gasteiger partial charge < -0.3 is 9.88 Å². The fourth-order valence-corrected chi connectivity index (χ4v) is 5.96. The third-order valence-electron chi connectivity index (χ3n) is 5.41. The van der Waals surface area contributed by atoms with E-state index in [9.17, 15) is 16.8 Å². The highest BCUT2D eigenvalue weighted by molar-refractivity contribution is 7.90. The zero-order chi connectivity index (χ0) is 22.2. The van der Waals surface area contributed by atoms with E-state index < -0.39 is 19.9 Å². The van der Waals surface area contributed by atoms with Crippen LogP contribution < -0.4 is 5.32 Å². The van der Waals surface area contributed by atoms with Crippen molar-refractivity contribution in [2.75, 3.05) is 24.7 Å². The first-order chi connectivity index (χ1) is 14.6. The third-order valence-corrected chi connectivity index (χ3v) is 8.24. The highest BCUT2D eigenvalue weighted by Crippen LogP contribution is 2.33. The molecule has 2 atom stereocenters. The minimum atomic E-state index is -3.75. The number of aromatic nitrogens is 2. The van der Waals surface area contributed by atoms with E-state index in [-0.39, 0.29) is 28.4 Å². The molecule has 4 rings (SSSR count). The van der Waals surface area contributed by atoms with Gasteiger partial charge in [0.1, 0.15) is 0 Å². The van der Waals surface area contributed by atoms with Gasteiger partial charge in [0.15, 0.2) is 14.9 Å². The predicted molar refractivity (Wildman–Crippen MR) is 118 cm³/mol. The zero-order valence-corrected chi connectivity index (χ0v) is 18.8. The van der Waals surface area contributed by atoms with Crippen molar-refractivity contribution in [3.05, 3.63) is 72.7 Å². The molecular formula is C21H24N4O4S2. The van der Waals surface area contributed by atoms with E-state index in [0.717, 1.165) is 11.8 Å². The number of rotatable bonds is 6. The number of aryl methyl sites for hydroxylation is 1. The van der Waals surface area contributed by atoms with Crippen LogP contribution in [0.1, 0.15) is 11.5 Å². The fraction of sp³-hybridized carbons (Fsp3) is 0.286. The second-order valence-electron chi connectivity index (χ2n) is 7.77.